The van der Waals surface area contributed by atoms with Crippen molar-refractivity contribution >= 4 is 38.4 Å². The van der Waals surface area contributed by atoms with Gasteiger partial charge in [0.1, 0.15) is 16.3 Å². The van der Waals surface area contributed by atoms with E-state index in [0.717, 1.165) is 30.0 Å². The maximum absolute atomic E-state index is 13.2. The first-order valence-corrected chi connectivity index (χ1v) is 10.8. The molecular formula is C18H20N4O2S2. The van der Waals surface area contributed by atoms with Gasteiger partial charge in [0.25, 0.3) is 0 Å². The summed E-state index contributed by atoms with van der Waals surface area (Å²) >= 11 is 1.04. The van der Waals surface area contributed by atoms with E-state index in [1.165, 1.54) is 5.56 Å². The number of nitrogens with zero attached hydrogens (tertiary/aromatic N) is 4. The maximum atomic E-state index is 13.2. The van der Waals surface area contributed by atoms with Gasteiger partial charge in [-0.3, -0.25) is 0 Å². The zero-order chi connectivity index (χ0) is 18.1. The van der Waals surface area contributed by atoms with Gasteiger partial charge in [0, 0.05) is 31.9 Å². The van der Waals surface area contributed by atoms with Crippen molar-refractivity contribution in [2.45, 2.75) is 18.2 Å². The molecule has 0 radical (unpaired) electrons. The number of hydrogen-bond acceptors (Lipinski definition) is 5. The van der Waals surface area contributed by atoms with Crippen molar-refractivity contribution in [2.24, 2.45) is 8.73 Å². The molecule has 0 N–H and O–H groups in total. The minimum absolute atomic E-state index is 0.257. The summed E-state index contributed by atoms with van der Waals surface area (Å²) in [5, 5.41) is 0. The van der Waals surface area contributed by atoms with Gasteiger partial charge in [-0.25, -0.2) is 8.42 Å². The highest BCUT2D eigenvalue weighted by Gasteiger charge is 2.30. The molecule has 2 aromatic carbocycles. The van der Waals surface area contributed by atoms with Gasteiger partial charge in [0.2, 0.25) is 10.0 Å². The van der Waals surface area contributed by atoms with Gasteiger partial charge < -0.3 is 4.90 Å². The lowest BCUT2D eigenvalue weighted by Crippen LogP contribution is -2.35. The maximum Gasteiger partial charge on any atom is 0.245 e. The van der Waals surface area contributed by atoms with Gasteiger partial charge in [-0.15, -0.1) is 0 Å². The Balaban J connectivity index is 1.56. The molecule has 6 nitrogen and oxygen atoms in total. The largest absolute Gasteiger partial charge is 0.370 e. The van der Waals surface area contributed by atoms with E-state index in [1.54, 1.807) is 22.5 Å². The van der Waals surface area contributed by atoms with Gasteiger partial charge in [0.15, 0.2) is 0 Å². The SMILES string of the molecule is Cc1ccc(N2CCCN(S(=O)(=O)c3cccc4c3N=S=N4)CC2)cc1. The summed E-state index contributed by atoms with van der Waals surface area (Å²) in [5.41, 5.74) is 3.46. The zero-order valence-corrected chi connectivity index (χ0v) is 16.1. The molecule has 4 rings (SSSR count). The Labute approximate surface area is 157 Å². The van der Waals surface area contributed by atoms with Crippen LogP contribution < -0.4 is 4.90 Å². The fourth-order valence-electron chi connectivity index (χ4n) is 3.28. The topological polar surface area (TPSA) is 65.3 Å². The summed E-state index contributed by atoms with van der Waals surface area (Å²) in [7, 11) is -3.58. The van der Waals surface area contributed by atoms with E-state index in [2.05, 4.69) is 44.8 Å². The molecule has 1 fully saturated rings. The van der Waals surface area contributed by atoms with Gasteiger partial charge >= 0.3 is 0 Å². The summed E-state index contributed by atoms with van der Waals surface area (Å²) in [4.78, 5) is 2.51. The van der Waals surface area contributed by atoms with Crippen molar-refractivity contribution in [3.63, 3.8) is 0 Å². The summed E-state index contributed by atoms with van der Waals surface area (Å²) in [6.07, 6.45) is 0.790. The number of rotatable bonds is 3. The lowest BCUT2D eigenvalue weighted by molar-refractivity contribution is 0.433. The Morgan fingerprint density at radius 2 is 1.77 bits per heavy atom. The second kappa shape index (κ2) is 6.94. The number of aryl methyl sites for hydroxylation is 1. The van der Waals surface area contributed by atoms with Crippen molar-refractivity contribution in [2.75, 3.05) is 31.1 Å². The molecule has 0 aliphatic carbocycles. The molecule has 0 spiro atoms. The highest BCUT2D eigenvalue weighted by molar-refractivity contribution is 7.89. The highest BCUT2D eigenvalue weighted by atomic mass is 32.2. The third-order valence-corrected chi connectivity index (χ3v) is 7.19. The minimum Gasteiger partial charge on any atom is -0.370 e. The van der Waals surface area contributed by atoms with Crippen LogP contribution in [0.3, 0.4) is 0 Å². The lowest BCUT2D eigenvalue weighted by Gasteiger charge is -2.24. The van der Waals surface area contributed by atoms with E-state index < -0.39 is 10.0 Å². The molecule has 2 heterocycles. The molecule has 0 amide bonds. The van der Waals surface area contributed by atoms with Crippen LogP contribution in [0, 0.1) is 6.92 Å². The first-order chi connectivity index (χ1) is 12.6. The van der Waals surface area contributed by atoms with E-state index >= 15 is 0 Å². The molecule has 0 atom stereocenters. The van der Waals surface area contributed by atoms with Crippen molar-refractivity contribution in [1.82, 2.24) is 4.31 Å². The molecule has 2 aromatic rings. The highest BCUT2D eigenvalue weighted by Crippen LogP contribution is 2.38. The fourth-order valence-corrected chi connectivity index (χ4v) is 5.50. The van der Waals surface area contributed by atoms with Crippen LogP contribution in [-0.4, -0.2) is 38.9 Å². The monoisotopic (exact) mass is 388 g/mol. The first kappa shape index (κ1) is 17.4. The predicted octanol–water partition coefficient (Wildman–Crippen LogP) is 3.62. The Morgan fingerprint density at radius 3 is 2.58 bits per heavy atom. The Bertz CT molecular complexity index is 996. The summed E-state index contributed by atoms with van der Waals surface area (Å²) in [6, 6.07) is 13.5. The van der Waals surface area contributed by atoms with Crippen LogP contribution in [0.2, 0.25) is 0 Å². The molecule has 26 heavy (non-hydrogen) atoms. The number of fused-ring (bicyclic) bond motifs is 1. The molecule has 1 saturated heterocycles. The molecule has 8 heteroatoms. The Hall–Kier alpha value is -2.03. The van der Waals surface area contributed by atoms with Crippen LogP contribution >= 0.6 is 0 Å². The van der Waals surface area contributed by atoms with Crippen molar-refractivity contribution in [3.8, 4) is 0 Å². The average Bonchev–Trinajstić information content (AvgIpc) is 2.98. The molecule has 0 bridgehead atoms. The van der Waals surface area contributed by atoms with Crippen molar-refractivity contribution in [1.29, 1.82) is 0 Å². The second-order valence-electron chi connectivity index (χ2n) is 6.47. The van der Waals surface area contributed by atoms with Crippen molar-refractivity contribution in [3.05, 3.63) is 48.0 Å². The first-order valence-electron chi connectivity index (χ1n) is 8.59. The van der Waals surface area contributed by atoms with E-state index in [4.69, 9.17) is 0 Å². The minimum atomic E-state index is -3.58. The second-order valence-corrected chi connectivity index (χ2v) is 8.90. The lowest BCUT2D eigenvalue weighted by atomic mass is 10.2. The normalized spacial score (nSPS) is 17.7. The van der Waals surface area contributed by atoms with Gasteiger partial charge in [-0.1, -0.05) is 23.8 Å². The number of benzene rings is 2. The van der Waals surface area contributed by atoms with E-state index in [0.29, 0.717) is 31.0 Å². The van der Waals surface area contributed by atoms with Gasteiger partial charge in [-0.2, -0.15) is 13.0 Å². The smallest absolute Gasteiger partial charge is 0.245 e. The predicted molar refractivity (Wildman–Crippen MR) is 105 cm³/mol. The summed E-state index contributed by atoms with van der Waals surface area (Å²) in [5.74, 6) is 0. The number of hydrogen-bond donors (Lipinski definition) is 0. The fraction of sp³-hybridized carbons (Fsp3) is 0.333. The van der Waals surface area contributed by atoms with Gasteiger partial charge in [0.05, 0.1) is 11.4 Å². The Morgan fingerprint density at radius 1 is 0.962 bits per heavy atom. The van der Waals surface area contributed by atoms with Crippen LogP contribution in [0.15, 0.2) is 56.1 Å². The van der Waals surface area contributed by atoms with E-state index in [1.807, 2.05) is 0 Å². The standard InChI is InChI=1S/C18H20N4O2S2/c1-14-6-8-15(9-7-14)21-10-3-11-22(13-12-21)26(23,24)17-5-2-4-16-18(17)20-25-19-16/h2,4-9H,3,10-13H2,1H3. The van der Waals surface area contributed by atoms with Crippen LogP contribution in [0.25, 0.3) is 0 Å². The number of sulfonamides is 1. The van der Waals surface area contributed by atoms with Crippen LogP contribution in [0.4, 0.5) is 17.1 Å². The molecular weight excluding hydrogens is 368 g/mol. The number of anilines is 1. The van der Waals surface area contributed by atoms with E-state index in [9.17, 15) is 8.42 Å². The molecule has 2 aliphatic rings. The molecule has 2 aliphatic heterocycles. The average molecular weight is 389 g/mol. The third kappa shape index (κ3) is 3.20. The van der Waals surface area contributed by atoms with Crippen molar-refractivity contribution < 1.29 is 8.42 Å². The quantitative estimate of drug-likeness (QED) is 0.688. The molecule has 136 valence electrons. The molecule has 0 unspecified atom stereocenters. The summed E-state index contributed by atoms with van der Waals surface area (Å²) in [6.45, 7) is 4.56. The van der Waals surface area contributed by atoms with Crippen LogP contribution in [-0.2, 0) is 21.4 Å². The Kier molecular flexibility index (Phi) is 4.64. The zero-order valence-electron chi connectivity index (χ0n) is 14.5. The summed E-state index contributed by atoms with van der Waals surface area (Å²) < 4.78 is 36.3. The third-order valence-electron chi connectivity index (χ3n) is 4.72. The van der Waals surface area contributed by atoms with Crippen LogP contribution in [0.1, 0.15) is 12.0 Å². The molecule has 0 aromatic heterocycles. The van der Waals surface area contributed by atoms with Gasteiger partial charge in [-0.05, 0) is 37.6 Å². The van der Waals surface area contributed by atoms with Crippen LogP contribution in [0.5, 0.6) is 0 Å². The molecule has 0 saturated carbocycles. The van der Waals surface area contributed by atoms with E-state index in [-0.39, 0.29) is 4.90 Å².